The van der Waals surface area contributed by atoms with Crippen LogP contribution in [0.2, 0.25) is 0 Å². The van der Waals surface area contributed by atoms with Gasteiger partial charge >= 0.3 is 0 Å². The SMILES string of the molecule is OC[C@H]1CC[C@H](CCCOCc2ccccc2)O1. The molecule has 0 saturated carbocycles. The molecule has 0 bridgehead atoms. The van der Waals surface area contributed by atoms with Gasteiger partial charge in [0.25, 0.3) is 0 Å². The highest BCUT2D eigenvalue weighted by molar-refractivity contribution is 5.13. The van der Waals surface area contributed by atoms with Crippen molar-refractivity contribution >= 4 is 0 Å². The molecular weight excluding hydrogens is 228 g/mol. The summed E-state index contributed by atoms with van der Waals surface area (Å²) in [7, 11) is 0. The van der Waals surface area contributed by atoms with Crippen LogP contribution in [-0.2, 0) is 16.1 Å². The first kappa shape index (κ1) is 13.5. The molecule has 2 rings (SSSR count). The summed E-state index contributed by atoms with van der Waals surface area (Å²) < 4.78 is 11.3. The summed E-state index contributed by atoms with van der Waals surface area (Å²) in [5, 5.41) is 8.97. The van der Waals surface area contributed by atoms with Crippen molar-refractivity contribution in [2.45, 2.75) is 44.5 Å². The topological polar surface area (TPSA) is 38.7 Å². The average Bonchev–Trinajstić information content (AvgIpc) is 2.87. The maximum atomic E-state index is 8.97. The maximum Gasteiger partial charge on any atom is 0.0810 e. The van der Waals surface area contributed by atoms with E-state index in [0.29, 0.717) is 12.7 Å². The molecule has 18 heavy (non-hydrogen) atoms. The van der Waals surface area contributed by atoms with Crippen LogP contribution in [0.3, 0.4) is 0 Å². The fourth-order valence-electron chi connectivity index (χ4n) is 2.30. The molecule has 0 amide bonds. The quantitative estimate of drug-likeness (QED) is 0.756. The van der Waals surface area contributed by atoms with Crippen LogP contribution in [0, 0.1) is 0 Å². The maximum absolute atomic E-state index is 8.97. The summed E-state index contributed by atoms with van der Waals surface area (Å²) in [4.78, 5) is 0. The van der Waals surface area contributed by atoms with Gasteiger partial charge in [0, 0.05) is 6.61 Å². The zero-order valence-corrected chi connectivity index (χ0v) is 10.8. The van der Waals surface area contributed by atoms with Crippen LogP contribution in [-0.4, -0.2) is 30.5 Å². The van der Waals surface area contributed by atoms with E-state index >= 15 is 0 Å². The molecular formula is C15H22O3. The Balaban J connectivity index is 1.52. The normalized spacial score (nSPS) is 23.4. The van der Waals surface area contributed by atoms with E-state index in [2.05, 4.69) is 12.1 Å². The van der Waals surface area contributed by atoms with Gasteiger partial charge < -0.3 is 14.6 Å². The highest BCUT2D eigenvalue weighted by Gasteiger charge is 2.23. The van der Waals surface area contributed by atoms with Gasteiger partial charge in [-0.3, -0.25) is 0 Å². The third-order valence-corrected chi connectivity index (χ3v) is 3.33. The molecule has 0 aliphatic carbocycles. The zero-order chi connectivity index (χ0) is 12.6. The minimum Gasteiger partial charge on any atom is -0.394 e. The fourth-order valence-corrected chi connectivity index (χ4v) is 2.30. The minimum atomic E-state index is 0.0697. The fraction of sp³-hybridized carbons (Fsp3) is 0.600. The lowest BCUT2D eigenvalue weighted by Crippen LogP contribution is -2.14. The predicted molar refractivity (Wildman–Crippen MR) is 70.3 cm³/mol. The first-order chi connectivity index (χ1) is 8.88. The Labute approximate surface area is 109 Å². The van der Waals surface area contributed by atoms with E-state index < -0.39 is 0 Å². The standard InChI is InChI=1S/C15H22O3/c16-11-15-9-8-14(18-15)7-4-10-17-12-13-5-2-1-3-6-13/h1-3,5-6,14-16H,4,7-12H2/t14-,15+/m0/s1. The number of hydrogen-bond acceptors (Lipinski definition) is 3. The molecule has 1 aliphatic rings. The van der Waals surface area contributed by atoms with E-state index in [-0.39, 0.29) is 12.7 Å². The zero-order valence-electron chi connectivity index (χ0n) is 10.8. The third kappa shape index (κ3) is 4.41. The Kier molecular flexibility index (Phi) is 5.65. The largest absolute Gasteiger partial charge is 0.394 e. The van der Waals surface area contributed by atoms with Crippen LogP contribution in [0.25, 0.3) is 0 Å². The summed E-state index contributed by atoms with van der Waals surface area (Å²) in [6.07, 6.45) is 4.51. The van der Waals surface area contributed by atoms with E-state index in [1.165, 1.54) is 5.56 Å². The van der Waals surface area contributed by atoms with E-state index in [9.17, 15) is 0 Å². The predicted octanol–water partition coefficient (Wildman–Crippen LogP) is 2.52. The molecule has 1 fully saturated rings. The molecule has 3 nitrogen and oxygen atoms in total. The van der Waals surface area contributed by atoms with Gasteiger partial charge in [0.1, 0.15) is 0 Å². The van der Waals surface area contributed by atoms with E-state index in [4.69, 9.17) is 14.6 Å². The summed E-state index contributed by atoms with van der Waals surface area (Å²) >= 11 is 0. The van der Waals surface area contributed by atoms with Crippen molar-refractivity contribution < 1.29 is 14.6 Å². The van der Waals surface area contributed by atoms with Crippen molar-refractivity contribution in [2.24, 2.45) is 0 Å². The molecule has 0 radical (unpaired) electrons. The number of aliphatic hydroxyl groups excluding tert-OH is 1. The van der Waals surface area contributed by atoms with Crippen LogP contribution in [0.5, 0.6) is 0 Å². The lowest BCUT2D eigenvalue weighted by Gasteiger charge is -2.11. The van der Waals surface area contributed by atoms with Crippen molar-refractivity contribution in [3.05, 3.63) is 35.9 Å². The summed E-state index contributed by atoms with van der Waals surface area (Å²) in [6.45, 7) is 1.62. The highest BCUT2D eigenvalue weighted by Crippen LogP contribution is 2.22. The van der Waals surface area contributed by atoms with Crippen molar-refractivity contribution in [1.29, 1.82) is 0 Å². The van der Waals surface area contributed by atoms with Gasteiger partial charge in [-0.05, 0) is 31.2 Å². The molecule has 0 spiro atoms. The number of rotatable bonds is 7. The smallest absolute Gasteiger partial charge is 0.0810 e. The first-order valence-electron chi connectivity index (χ1n) is 6.76. The molecule has 3 heteroatoms. The minimum absolute atomic E-state index is 0.0697. The van der Waals surface area contributed by atoms with Crippen molar-refractivity contribution in [1.82, 2.24) is 0 Å². The highest BCUT2D eigenvalue weighted by atomic mass is 16.5. The molecule has 1 N–H and O–H groups in total. The monoisotopic (exact) mass is 250 g/mol. The van der Waals surface area contributed by atoms with Gasteiger partial charge in [0.2, 0.25) is 0 Å². The lowest BCUT2D eigenvalue weighted by molar-refractivity contribution is 0.00356. The van der Waals surface area contributed by atoms with Crippen molar-refractivity contribution in [3.8, 4) is 0 Å². The van der Waals surface area contributed by atoms with Crippen LogP contribution < -0.4 is 0 Å². The molecule has 100 valence electrons. The lowest BCUT2D eigenvalue weighted by atomic mass is 10.1. The van der Waals surface area contributed by atoms with Gasteiger partial charge in [-0.1, -0.05) is 30.3 Å². The third-order valence-electron chi connectivity index (χ3n) is 3.33. The van der Waals surface area contributed by atoms with Crippen LogP contribution in [0.4, 0.5) is 0 Å². The second-order valence-electron chi connectivity index (χ2n) is 4.82. The van der Waals surface area contributed by atoms with Gasteiger partial charge in [-0.15, -0.1) is 0 Å². The molecule has 0 unspecified atom stereocenters. The Hall–Kier alpha value is -0.900. The van der Waals surface area contributed by atoms with E-state index in [0.717, 1.165) is 32.3 Å². The van der Waals surface area contributed by atoms with Crippen molar-refractivity contribution in [3.63, 3.8) is 0 Å². The van der Waals surface area contributed by atoms with E-state index in [1.54, 1.807) is 0 Å². The van der Waals surface area contributed by atoms with Gasteiger partial charge in [-0.25, -0.2) is 0 Å². The summed E-state index contributed by atoms with van der Waals surface area (Å²) in [5.41, 5.74) is 1.22. The van der Waals surface area contributed by atoms with Gasteiger partial charge in [0.15, 0.2) is 0 Å². The van der Waals surface area contributed by atoms with Crippen LogP contribution in [0.1, 0.15) is 31.2 Å². The summed E-state index contributed by atoms with van der Waals surface area (Å²) in [5.74, 6) is 0. The van der Waals surface area contributed by atoms with Gasteiger partial charge in [-0.2, -0.15) is 0 Å². The Bertz CT molecular complexity index is 326. The number of benzene rings is 1. The van der Waals surface area contributed by atoms with Gasteiger partial charge in [0.05, 0.1) is 25.4 Å². The van der Waals surface area contributed by atoms with Crippen molar-refractivity contribution in [2.75, 3.05) is 13.2 Å². The van der Waals surface area contributed by atoms with Crippen LogP contribution in [0.15, 0.2) is 30.3 Å². The molecule has 1 heterocycles. The summed E-state index contributed by atoms with van der Waals surface area (Å²) in [6, 6.07) is 10.2. The van der Waals surface area contributed by atoms with Crippen LogP contribution >= 0.6 is 0 Å². The molecule has 1 aromatic rings. The second kappa shape index (κ2) is 7.52. The molecule has 0 aromatic heterocycles. The van der Waals surface area contributed by atoms with E-state index in [1.807, 2.05) is 18.2 Å². The molecule has 2 atom stereocenters. The number of hydrogen-bond donors (Lipinski definition) is 1. The number of ether oxygens (including phenoxy) is 2. The number of aliphatic hydroxyl groups is 1. The first-order valence-corrected chi connectivity index (χ1v) is 6.76. The Morgan fingerprint density at radius 1 is 1.17 bits per heavy atom. The Morgan fingerprint density at radius 2 is 1.94 bits per heavy atom. The molecule has 1 aliphatic heterocycles. The second-order valence-corrected chi connectivity index (χ2v) is 4.82. The molecule has 1 aromatic carbocycles. The Morgan fingerprint density at radius 3 is 2.67 bits per heavy atom. The molecule has 1 saturated heterocycles. The average molecular weight is 250 g/mol.